The first-order valence-corrected chi connectivity index (χ1v) is 16.5. The van der Waals surface area contributed by atoms with Gasteiger partial charge in [-0.1, -0.05) is 121 Å². The van der Waals surface area contributed by atoms with E-state index in [1.165, 1.54) is 5.39 Å². The average Bonchev–Trinajstić information content (AvgIpc) is 3.83. The summed E-state index contributed by atoms with van der Waals surface area (Å²) >= 11 is 0. The van der Waals surface area contributed by atoms with E-state index < -0.39 is 0 Å². The standard InChI is InChI=1S/C44H26N4O/c1-3-15-27(16-4-1)40-29-19-7-11-23-33(29)45-44(46-40)48-35-25-13-9-21-31(35)37-38-30-20-8-12-24-34(30)47(28-17-5-2-6-18-28)42(38)43-39(41(37)48)32-22-10-14-26-36(32)49-43/h1-26H. The maximum absolute atomic E-state index is 6.94. The Morgan fingerprint density at radius 2 is 1.00 bits per heavy atom. The van der Waals surface area contributed by atoms with Crippen LogP contribution in [0.25, 0.3) is 99.3 Å². The zero-order chi connectivity index (χ0) is 32.1. The van der Waals surface area contributed by atoms with Crippen molar-refractivity contribution in [2.45, 2.75) is 0 Å². The van der Waals surface area contributed by atoms with Crippen molar-refractivity contribution in [3.05, 3.63) is 158 Å². The third-order valence-corrected chi connectivity index (χ3v) is 9.90. The van der Waals surface area contributed by atoms with Crippen LogP contribution in [0.4, 0.5) is 0 Å². The van der Waals surface area contributed by atoms with Crippen molar-refractivity contribution in [1.82, 2.24) is 19.1 Å². The zero-order valence-electron chi connectivity index (χ0n) is 26.2. The maximum atomic E-state index is 6.94. The fourth-order valence-corrected chi connectivity index (χ4v) is 7.92. The zero-order valence-corrected chi connectivity index (χ0v) is 26.2. The lowest BCUT2D eigenvalue weighted by Crippen LogP contribution is -2.03. The van der Waals surface area contributed by atoms with Crippen molar-refractivity contribution in [3.8, 4) is 22.9 Å². The molecule has 228 valence electrons. The molecule has 0 saturated heterocycles. The number of hydrogen-bond acceptors (Lipinski definition) is 3. The predicted octanol–water partition coefficient (Wildman–Crippen LogP) is 11.4. The Hall–Kier alpha value is -6.72. The Morgan fingerprint density at radius 1 is 0.429 bits per heavy atom. The highest BCUT2D eigenvalue weighted by Crippen LogP contribution is 2.49. The lowest BCUT2D eigenvalue weighted by molar-refractivity contribution is 0.671. The van der Waals surface area contributed by atoms with Gasteiger partial charge in [-0.15, -0.1) is 0 Å². The summed E-state index contributed by atoms with van der Waals surface area (Å²) in [6.45, 7) is 0. The van der Waals surface area contributed by atoms with E-state index in [1.54, 1.807) is 0 Å². The van der Waals surface area contributed by atoms with Crippen LogP contribution < -0.4 is 0 Å². The van der Waals surface area contributed by atoms with Crippen LogP contribution in [0.2, 0.25) is 0 Å². The molecule has 0 unspecified atom stereocenters. The van der Waals surface area contributed by atoms with E-state index in [4.69, 9.17) is 14.4 Å². The van der Waals surface area contributed by atoms with Crippen LogP contribution in [0.1, 0.15) is 0 Å². The van der Waals surface area contributed by atoms with Crippen molar-refractivity contribution in [2.75, 3.05) is 0 Å². The molecular formula is C44H26N4O. The van der Waals surface area contributed by atoms with Gasteiger partial charge in [0.05, 0.1) is 38.7 Å². The highest BCUT2D eigenvalue weighted by Gasteiger charge is 2.28. The van der Waals surface area contributed by atoms with Gasteiger partial charge in [0.25, 0.3) is 0 Å². The molecule has 11 aromatic rings. The molecule has 5 heteroatoms. The lowest BCUT2D eigenvalue weighted by atomic mass is 10.0. The number of hydrogen-bond donors (Lipinski definition) is 0. The SMILES string of the molecule is c1ccc(-c2nc(-n3c4ccccc4c4c5c6ccccc6n(-c6ccccc6)c5c5oc6ccccc6c5c43)nc3ccccc23)cc1. The second kappa shape index (κ2) is 9.89. The monoisotopic (exact) mass is 626 g/mol. The molecule has 0 atom stereocenters. The highest BCUT2D eigenvalue weighted by atomic mass is 16.3. The smallest absolute Gasteiger partial charge is 0.235 e. The van der Waals surface area contributed by atoms with E-state index in [0.717, 1.165) is 88.0 Å². The first-order chi connectivity index (χ1) is 24.3. The third-order valence-electron chi connectivity index (χ3n) is 9.90. The van der Waals surface area contributed by atoms with Gasteiger partial charge in [0.15, 0.2) is 5.58 Å². The molecule has 0 amide bonds. The van der Waals surface area contributed by atoms with E-state index in [-0.39, 0.29) is 0 Å². The number of nitrogens with zero attached hydrogens (tertiary/aromatic N) is 4. The molecule has 0 fully saturated rings. The topological polar surface area (TPSA) is 48.8 Å². The van der Waals surface area contributed by atoms with Crippen molar-refractivity contribution >= 4 is 76.5 Å². The molecule has 0 aliphatic rings. The van der Waals surface area contributed by atoms with Crippen LogP contribution in [-0.4, -0.2) is 19.1 Å². The first kappa shape index (κ1) is 26.4. The molecule has 49 heavy (non-hydrogen) atoms. The molecule has 0 spiro atoms. The summed E-state index contributed by atoms with van der Waals surface area (Å²) in [5, 5.41) is 7.75. The number of benzene rings is 7. The van der Waals surface area contributed by atoms with E-state index in [0.29, 0.717) is 5.95 Å². The third kappa shape index (κ3) is 3.59. The quantitative estimate of drug-likeness (QED) is 0.196. The van der Waals surface area contributed by atoms with Crippen molar-refractivity contribution in [2.24, 2.45) is 0 Å². The van der Waals surface area contributed by atoms with Crippen LogP contribution in [0.3, 0.4) is 0 Å². The van der Waals surface area contributed by atoms with E-state index in [9.17, 15) is 0 Å². The van der Waals surface area contributed by atoms with Gasteiger partial charge in [0.2, 0.25) is 5.95 Å². The Balaban J connectivity index is 1.43. The summed E-state index contributed by atoms with van der Waals surface area (Å²) in [7, 11) is 0. The number of rotatable bonds is 3. The summed E-state index contributed by atoms with van der Waals surface area (Å²) in [6, 6.07) is 55.0. The largest absolute Gasteiger partial charge is 0.454 e. The average molecular weight is 627 g/mol. The molecule has 0 N–H and O–H groups in total. The normalized spacial score (nSPS) is 12.1. The van der Waals surface area contributed by atoms with Crippen LogP contribution in [-0.2, 0) is 0 Å². The van der Waals surface area contributed by atoms with Gasteiger partial charge in [0, 0.05) is 43.6 Å². The predicted molar refractivity (Wildman–Crippen MR) is 201 cm³/mol. The van der Waals surface area contributed by atoms with Gasteiger partial charge >= 0.3 is 0 Å². The number of fused-ring (bicyclic) bond motifs is 13. The molecule has 0 saturated carbocycles. The lowest BCUT2D eigenvalue weighted by Gasteiger charge is -2.12. The number of furan rings is 1. The van der Waals surface area contributed by atoms with Crippen LogP contribution >= 0.6 is 0 Å². The summed E-state index contributed by atoms with van der Waals surface area (Å²) in [5.41, 5.74) is 9.89. The van der Waals surface area contributed by atoms with Gasteiger partial charge < -0.3 is 8.98 Å². The maximum Gasteiger partial charge on any atom is 0.235 e. The Bertz CT molecular complexity index is 3100. The first-order valence-electron chi connectivity index (χ1n) is 16.5. The summed E-state index contributed by atoms with van der Waals surface area (Å²) in [4.78, 5) is 10.7. The Kier molecular flexibility index (Phi) is 5.32. The number of para-hydroxylation sites is 5. The fraction of sp³-hybridized carbons (Fsp3) is 0. The summed E-state index contributed by atoms with van der Waals surface area (Å²) < 4.78 is 11.6. The van der Waals surface area contributed by atoms with Crippen molar-refractivity contribution in [1.29, 1.82) is 0 Å². The second-order valence-corrected chi connectivity index (χ2v) is 12.5. The summed E-state index contributed by atoms with van der Waals surface area (Å²) in [5.74, 6) is 0.626. The van der Waals surface area contributed by atoms with Gasteiger partial charge in [-0.25, -0.2) is 9.97 Å². The second-order valence-electron chi connectivity index (χ2n) is 12.5. The minimum atomic E-state index is 0.626. The number of aromatic nitrogens is 4. The minimum Gasteiger partial charge on any atom is -0.454 e. The highest BCUT2D eigenvalue weighted by molar-refractivity contribution is 6.39. The van der Waals surface area contributed by atoms with Crippen LogP contribution in [0.5, 0.6) is 0 Å². The van der Waals surface area contributed by atoms with Crippen LogP contribution in [0.15, 0.2) is 162 Å². The molecule has 0 aliphatic heterocycles. The summed E-state index contributed by atoms with van der Waals surface area (Å²) in [6.07, 6.45) is 0. The van der Waals surface area contributed by atoms with Gasteiger partial charge in [-0.2, -0.15) is 0 Å². The molecule has 0 bridgehead atoms. The fourth-order valence-electron chi connectivity index (χ4n) is 7.92. The molecule has 0 radical (unpaired) electrons. The van der Waals surface area contributed by atoms with Crippen molar-refractivity contribution < 1.29 is 4.42 Å². The molecule has 4 aromatic heterocycles. The van der Waals surface area contributed by atoms with Gasteiger partial charge in [0.1, 0.15) is 5.58 Å². The van der Waals surface area contributed by atoms with E-state index in [2.05, 4.69) is 149 Å². The molecule has 0 aliphatic carbocycles. The van der Waals surface area contributed by atoms with Crippen LogP contribution in [0, 0.1) is 0 Å². The molecular weight excluding hydrogens is 601 g/mol. The van der Waals surface area contributed by atoms with Gasteiger partial charge in [-0.05, 0) is 36.4 Å². The molecule has 5 nitrogen and oxygen atoms in total. The molecule has 11 rings (SSSR count). The van der Waals surface area contributed by atoms with E-state index >= 15 is 0 Å². The molecule has 4 heterocycles. The van der Waals surface area contributed by atoms with Gasteiger partial charge in [-0.3, -0.25) is 4.57 Å². The van der Waals surface area contributed by atoms with E-state index in [1.807, 2.05) is 18.2 Å². The Labute approximate surface area is 279 Å². The minimum absolute atomic E-state index is 0.626. The Morgan fingerprint density at radius 3 is 1.76 bits per heavy atom. The molecule has 7 aromatic carbocycles. The van der Waals surface area contributed by atoms with Crippen molar-refractivity contribution in [3.63, 3.8) is 0 Å².